The Kier molecular flexibility index (Phi) is 6.03. The first-order chi connectivity index (χ1) is 11.5. The molecule has 2 amide bonds. The highest BCUT2D eigenvalue weighted by atomic mass is 79.9. The van der Waals surface area contributed by atoms with Crippen LogP contribution in [0.15, 0.2) is 16.6 Å². The molecule has 2 atom stereocenters. The largest absolute Gasteiger partial charge is 0.444 e. The molecule has 0 aromatic carbocycles. The molecule has 0 radical (unpaired) electrons. The van der Waals surface area contributed by atoms with Gasteiger partial charge in [-0.25, -0.2) is 9.18 Å². The Morgan fingerprint density at radius 1 is 1.44 bits per heavy atom. The molecule has 0 bridgehead atoms. The summed E-state index contributed by atoms with van der Waals surface area (Å²) in [5, 5.41) is 2.73. The molecule has 0 aliphatic carbocycles. The maximum absolute atomic E-state index is 13.8. The van der Waals surface area contributed by atoms with Crippen LogP contribution in [0.25, 0.3) is 0 Å². The predicted molar refractivity (Wildman–Crippen MR) is 94.8 cm³/mol. The lowest BCUT2D eigenvalue weighted by molar-refractivity contribution is -0.125. The van der Waals surface area contributed by atoms with E-state index in [0.29, 0.717) is 5.69 Å². The second kappa shape index (κ2) is 7.68. The third kappa shape index (κ3) is 5.66. The van der Waals surface area contributed by atoms with Gasteiger partial charge in [-0.1, -0.05) is 15.9 Å². The van der Waals surface area contributed by atoms with Crippen LogP contribution in [0.3, 0.4) is 0 Å². The fourth-order valence-electron chi connectivity index (χ4n) is 2.63. The van der Waals surface area contributed by atoms with Crippen molar-refractivity contribution in [2.45, 2.75) is 58.5 Å². The quantitative estimate of drug-likeness (QED) is 0.822. The summed E-state index contributed by atoms with van der Waals surface area (Å²) >= 11 is 3.38. The van der Waals surface area contributed by atoms with Gasteiger partial charge in [0.1, 0.15) is 17.8 Å². The minimum atomic E-state index is -1.24. The van der Waals surface area contributed by atoms with E-state index < -0.39 is 29.8 Å². The summed E-state index contributed by atoms with van der Waals surface area (Å²) in [6.07, 6.45) is -1.95. The van der Waals surface area contributed by atoms with E-state index in [-0.39, 0.29) is 19.5 Å². The smallest absolute Gasteiger partial charge is 0.411 e. The molecule has 1 aliphatic heterocycles. The van der Waals surface area contributed by atoms with Crippen LogP contribution in [0.2, 0.25) is 0 Å². The summed E-state index contributed by atoms with van der Waals surface area (Å²) in [4.78, 5) is 30.2. The van der Waals surface area contributed by atoms with Crippen LogP contribution in [-0.4, -0.2) is 46.2 Å². The second-order valence-corrected chi connectivity index (χ2v) is 8.03. The Labute approximate surface area is 155 Å². The number of ether oxygens (including phenoxy) is 1. The zero-order valence-electron chi connectivity index (χ0n) is 14.8. The standard InChI is InChI=1S/C17H23BrFN3O3/c1-10-5-11(18)6-13(21-10)8-20-15(23)14-7-12(19)9-22(14)16(24)25-17(2,3)4/h5-6,12,14H,7-9H2,1-4H3,(H,20,23). The summed E-state index contributed by atoms with van der Waals surface area (Å²) < 4.78 is 19.9. The van der Waals surface area contributed by atoms with E-state index in [1.165, 1.54) is 0 Å². The zero-order chi connectivity index (χ0) is 18.8. The van der Waals surface area contributed by atoms with Gasteiger partial charge in [-0.2, -0.15) is 0 Å². The Morgan fingerprint density at radius 3 is 2.72 bits per heavy atom. The Hall–Kier alpha value is -1.70. The van der Waals surface area contributed by atoms with E-state index in [9.17, 15) is 14.0 Å². The van der Waals surface area contributed by atoms with Crippen LogP contribution in [-0.2, 0) is 16.1 Å². The molecule has 1 aromatic heterocycles. The molecule has 25 heavy (non-hydrogen) atoms. The predicted octanol–water partition coefficient (Wildman–Crippen LogP) is 3.12. The maximum atomic E-state index is 13.8. The molecule has 1 saturated heterocycles. The maximum Gasteiger partial charge on any atom is 0.411 e. The Balaban J connectivity index is 2.02. The molecule has 2 rings (SSSR count). The summed E-state index contributed by atoms with van der Waals surface area (Å²) in [6, 6.07) is 2.78. The Bertz CT molecular complexity index is 643. The van der Waals surface area contributed by atoms with Crippen molar-refractivity contribution in [3.63, 3.8) is 0 Å². The van der Waals surface area contributed by atoms with Gasteiger partial charge in [0, 0.05) is 16.6 Å². The summed E-state index contributed by atoms with van der Waals surface area (Å²) in [5.41, 5.74) is 0.794. The molecule has 1 aliphatic rings. The number of hydrogen-bond donors (Lipinski definition) is 1. The molecule has 0 spiro atoms. The summed E-state index contributed by atoms with van der Waals surface area (Å²) in [6.45, 7) is 7.10. The van der Waals surface area contributed by atoms with Crippen LogP contribution >= 0.6 is 15.9 Å². The lowest BCUT2D eigenvalue weighted by Crippen LogP contribution is -2.47. The highest BCUT2D eigenvalue weighted by Crippen LogP contribution is 2.23. The van der Waals surface area contributed by atoms with Crippen molar-refractivity contribution in [1.29, 1.82) is 0 Å². The highest BCUT2D eigenvalue weighted by molar-refractivity contribution is 9.10. The van der Waals surface area contributed by atoms with Crippen LogP contribution in [0.1, 0.15) is 38.6 Å². The summed E-state index contributed by atoms with van der Waals surface area (Å²) in [7, 11) is 0. The van der Waals surface area contributed by atoms with Gasteiger partial charge in [-0.15, -0.1) is 0 Å². The molecule has 1 N–H and O–H groups in total. The number of likely N-dealkylation sites (tertiary alicyclic amines) is 1. The molecule has 6 nitrogen and oxygen atoms in total. The normalized spacial score (nSPS) is 20.5. The SMILES string of the molecule is Cc1cc(Br)cc(CNC(=O)C2CC(F)CN2C(=O)OC(C)(C)C)n1. The lowest BCUT2D eigenvalue weighted by atomic mass is 10.2. The van der Waals surface area contributed by atoms with E-state index in [2.05, 4.69) is 26.2 Å². The summed E-state index contributed by atoms with van der Waals surface area (Å²) in [5.74, 6) is -0.412. The van der Waals surface area contributed by atoms with Crippen LogP contribution in [0.4, 0.5) is 9.18 Å². The number of hydrogen-bond acceptors (Lipinski definition) is 4. The third-order valence-corrected chi connectivity index (χ3v) is 4.05. The van der Waals surface area contributed by atoms with Crippen molar-refractivity contribution in [3.8, 4) is 0 Å². The monoisotopic (exact) mass is 415 g/mol. The number of aromatic nitrogens is 1. The van der Waals surface area contributed by atoms with Gasteiger partial charge in [-0.3, -0.25) is 14.7 Å². The van der Waals surface area contributed by atoms with Crippen molar-refractivity contribution in [1.82, 2.24) is 15.2 Å². The molecule has 8 heteroatoms. The molecular weight excluding hydrogens is 393 g/mol. The van der Waals surface area contributed by atoms with Crippen molar-refractivity contribution in [3.05, 3.63) is 28.0 Å². The average Bonchev–Trinajstić information content (AvgIpc) is 2.84. The first kappa shape index (κ1) is 19.6. The number of nitrogens with zero attached hydrogens (tertiary/aromatic N) is 2. The number of aryl methyl sites for hydroxylation is 1. The van der Waals surface area contributed by atoms with Gasteiger partial charge >= 0.3 is 6.09 Å². The lowest BCUT2D eigenvalue weighted by Gasteiger charge is -2.27. The number of pyridine rings is 1. The number of carbonyl (C=O) groups excluding carboxylic acids is 2. The highest BCUT2D eigenvalue weighted by Gasteiger charge is 2.41. The number of amides is 2. The molecule has 138 valence electrons. The van der Waals surface area contributed by atoms with Gasteiger partial charge in [0.15, 0.2) is 0 Å². The van der Waals surface area contributed by atoms with Crippen LogP contribution in [0.5, 0.6) is 0 Å². The van der Waals surface area contributed by atoms with Crippen LogP contribution in [0, 0.1) is 6.92 Å². The Morgan fingerprint density at radius 2 is 2.12 bits per heavy atom. The van der Waals surface area contributed by atoms with E-state index in [1.54, 1.807) is 26.8 Å². The van der Waals surface area contributed by atoms with Gasteiger partial charge in [0.2, 0.25) is 5.91 Å². The van der Waals surface area contributed by atoms with Crippen molar-refractivity contribution >= 4 is 27.9 Å². The van der Waals surface area contributed by atoms with E-state index in [0.717, 1.165) is 15.1 Å². The molecule has 1 aromatic rings. The fourth-order valence-corrected chi connectivity index (χ4v) is 3.23. The molecule has 1 fully saturated rings. The van der Waals surface area contributed by atoms with Crippen LogP contribution < -0.4 is 5.32 Å². The molecule has 0 saturated carbocycles. The third-order valence-electron chi connectivity index (χ3n) is 3.60. The number of halogens is 2. The molecule has 2 heterocycles. The molecule has 2 unspecified atom stereocenters. The number of rotatable bonds is 3. The number of nitrogens with one attached hydrogen (secondary N) is 1. The van der Waals surface area contributed by atoms with Gasteiger partial charge in [-0.05, 0) is 39.8 Å². The molecular formula is C17H23BrFN3O3. The second-order valence-electron chi connectivity index (χ2n) is 7.12. The van der Waals surface area contributed by atoms with Crippen molar-refractivity contribution < 1.29 is 18.7 Å². The van der Waals surface area contributed by atoms with Gasteiger partial charge in [0.25, 0.3) is 0 Å². The van der Waals surface area contributed by atoms with Crippen molar-refractivity contribution in [2.24, 2.45) is 0 Å². The van der Waals surface area contributed by atoms with E-state index >= 15 is 0 Å². The number of alkyl halides is 1. The van der Waals surface area contributed by atoms with Crippen molar-refractivity contribution in [2.75, 3.05) is 6.54 Å². The fraction of sp³-hybridized carbons (Fsp3) is 0.588. The van der Waals surface area contributed by atoms with E-state index in [1.807, 2.05) is 13.0 Å². The topological polar surface area (TPSA) is 71.5 Å². The van der Waals surface area contributed by atoms with Gasteiger partial charge in [0.05, 0.1) is 18.8 Å². The minimum absolute atomic E-state index is 0.0317. The van der Waals surface area contributed by atoms with E-state index in [4.69, 9.17) is 4.74 Å². The average molecular weight is 416 g/mol. The first-order valence-electron chi connectivity index (χ1n) is 8.09. The van der Waals surface area contributed by atoms with Gasteiger partial charge < -0.3 is 10.1 Å². The first-order valence-corrected chi connectivity index (χ1v) is 8.89. The minimum Gasteiger partial charge on any atom is -0.444 e. The zero-order valence-corrected chi connectivity index (χ0v) is 16.4. The number of carbonyl (C=O) groups is 2.